The summed E-state index contributed by atoms with van der Waals surface area (Å²) in [6.45, 7) is -3.02. The van der Waals surface area contributed by atoms with E-state index in [2.05, 4.69) is 4.74 Å². The van der Waals surface area contributed by atoms with Gasteiger partial charge in [0.2, 0.25) is 0 Å². The molecule has 0 spiro atoms. The zero-order valence-electron chi connectivity index (χ0n) is 14.1. The highest BCUT2D eigenvalue weighted by molar-refractivity contribution is 7.91. The highest BCUT2D eigenvalue weighted by Crippen LogP contribution is 2.30. The van der Waals surface area contributed by atoms with Crippen LogP contribution in [0.3, 0.4) is 0 Å². The van der Waals surface area contributed by atoms with E-state index in [4.69, 9.17) is 4.74 Å². The summed E-state index contributed by atoms with van der Waals surface area (Å²) in [6.07, 6.45) is 0.343. The Morgan fingerprint density at radius 3 is 2.44 bits per heavy atom. The van der Waals surface area contributed by atoms with Gasteiger partial charge in [-0.15, -0.1) is 0 Å². The molecule has 1 amide bonds. The molecule has 0 aromatic heterocycles. The third kappa shape index (κ3) is 4.57. The summed E-state index contributed by atoms with van der Waals surface area (Å²) >= 11 is 0. The molecule has 1 aromatic carbocycles. The minimum Gasteiger partial charge on any atom is -0.493 e. The number of alkyl halides is 2. The number of nitrogens with zero attached hydrogens (tertiary/aromatic N) is 2. The molecule has 1 fully saturated rings. The molecule has 0 saturated carbocycles. The monoisotopic (exact) mass is 378 g/mol. The number of hydrazine groups is 1. The Labute approximate surface area is 145 Å². The normalized spacial score (nSPS) is 19.2. The van der Waals surface area contributed by atoms with E-state index in [-0.39, 0.29) is 28.6 Å². The van der Waals surface area contributed by atoms with Crippen LogP contribution < -0.4 is 9.47 Å². The lowest BCUT2D eigenvalue weighted by Crippen LogP contribution is -2.49. The fourth-order valence-corrected chi connectivity index (χ4v) is 4.46. The molecule has 7 nitrogen and oxygen atoms in total. The van der Waals surface area contributed by atoms with Crippen LogP contribution in [0.2, 0.25) is 0 Å². The van der Waals surface area contributed by atoms with Gasteiger partial charge in [-0.25, -0.2) is 13.4 Å². The summed E-state index contributed by atoms with van der Waals surface area (Å²) in [6, 6.07) is 3.37. The van der Waals surface area contributed by atoms with E-state index in [0.717, 1.165) is 0 Å². The molecule has 2 rings (SSSR count). The molecule has 25 heavy (non-hydrogen) atoms. The smallest absolute Gasteiger partial charge is 0.387 e. The van der Waals surface area contributed by atoms with Gasteiger partial charge in [0, 0.05) is 19.7 Å². The minimum atomic E-state index is -3.17. The quantitative estimate of drug-likeness (QED) is 0.697. The standard InChI is InChI=1S/C15H20F2N2O5S/c1-18(2)19(11-6-7-25(21,22)9-11)14(20)10-4-5-12(24-15(16)17)13(8-10)23-3/h4-5,8,11,15H,6-7,9H2,1-3H3/t11-/m1/s1. The lowest BCUT2D eigenvalue weighted by molar-refractivity contribution is -0.0512. The average Bonchev–Trinajstić information content (AvgIpc) is 2.86. The maximum absolute atomic E-state index is 12.8. The van der Waals surface area contributed by atoms with Crippen molar-refractivity contribution in [2.24, 2.45) is 0 Å². The number of sulfone groups is 1. The number of ether oxygens (including phenoxy) is 2. The van der Waals surface area contributed by atoms with Gasteiger partial charge >= 0.3 is 6.61 Å². The molecule has 1 aliphatic rings. The Morgan fingerprint density at radius 2 is 1.96 bits per heavy atom. The number of halogens is 2. The summed E-state index contributed by atoms with van der Waals surface area (Å²) in [5.41, 5.74) is 0.177. The van der Waals surface area contributed by atoms with Gasteiger partial charge in [-0.05, 0) is 24.6 Å². The molecule has 140 valence electrons. The van der Waals surface area contributed by atoms with Gasteiger partial charge in [0.1, 0.15) is 0 Å². The van der Waals surface area contributed by atoms with Crippen molar-refractivity contribution >= 4 is 15.7 Å². The SMILES string of the molecule is COc1cc(C(=O)N([C@@H]2CCS(=O)(=O)C2)N(C)C)ccc1OC(F)F. The van der Waals surface area contributed by atoms with Gasteiger partial charge in [-0.1, -0.05) is 0 Å². The maximum Gasteiger partial charge on any atom is 0.387 e. The lowest BCUT2D eigenvalue weighted by Gasteiger charge is -2.33. The predicted octanol–water partition coefficient (Wildman–Crippen LogP) is 1.40. The second-order valence-corrected chi connectivity index (χ2v) is 8.03. The number of methoxy groups -OCH3 is 1. The molecule has 1 heterocycles. The molecule has 0 N–H and O–H groups in total. The van der Waals surface area contributed by atoms with Crippen LogP contribution in [-0.2, 0) is 9.84 Å². The van der Waals surface area contributed by atoms with E-state index in [9.17, 15) is 22.0 Å². The topological polar surface area (TPSA) is 76.2 Å². The van der Waals surface area contributed by atoms with Gasteiger partial charge in [0.15, 0.2) is 21.3 Å². The first-order chi connectivity index (χ1) is 11.6. The Bertz CT molecular complexity index is 739. The van der Waals surface area contributed by atoms with Crippen LogP contribution in [0.1, 0.15) is 16.8 Å². The molecular formula is C15H20F2N2O5S. The van der Waals surface area contributed by atoms with Crippen molar-refractivity contribution in [2.75, 3.05) is 32.7 Å². The molecule has 1 aromatic rings. The summed E-state index contributed by atoms with van der Waals surface area (Å²) in [5, 5.41) is 2.87. The van der Waals surface area contributed by atoms with Crippen molar-refractivity contribution in [3.8, 4) is 11.5 Å². The molecule has 1 atom stereocenters. The highest BCUT2D eigenvalue weighted by Gasteiger charge is 2.36. The number of amides is 1. The van der Waals surface area contributed by atoms with Crippen molar-refractivity contribution in [2.45, 2.75) is 19.1 Å². The van der Waals surface area contributed by atoms with E-state index in [1.165, 1.54) is 35.3 Å². The number of rotatable bonds is 6. The van der Waals surface area contributed by atoms with Gasteiger partial charge in [-0.3, -0.25) is 9.80 Å². The van der Waals surface area contributed by atoms with Gasteiger partial charge in [0.25, 0.3) is 5.91 Å². The van der Waals surface area contributed by atoms with E-state index >= 15 is 0 Å². The Morgan fingerprint density at radius 1 is 1.28 bits per heavy atom. The van der Waals surface area contributed by atoms with Crippen molar-refractivity contribution in [1.82, 2.24) is 10.0 Å². The van der Waals surface area contributed by atoms with Crippen molar-refractivity contribution in [1.29, 1.82) is 0 Å². The number of carbonyl (C=O) groups excluding carboxylic acids is 1. The van der Waals surface area contributed by atoms with E-state index in [1.807, 2.05) is 0 Å². The fourth-order valence-electron chi connectivity index (χ4n) is 2.77. The average molecular weight is 378 g/mol. The Hall–Kier alpha value is -1.94. The molecule has 0 radical (unpaired) electrons. The Balaban J connectivity index is 2.30. The van der Waals surface area contributed by atoms with Crippen LogP contribution in [0.15, 0.2) is 18.2 Å². The van der Waals surface area contributed by atoms with Crippen molar-refractivity contribution in [3.05, 3.63) is 23.8 Å². The number of benzene rings is 1. The third-order valence-electron chi connectivity index (χ3n) is 3.82. The molecule has 10 heteroatoms. The van der Waals surface area contributed by atoms with Crippen LogP contribution in [0, 0.1) is 0 Å². The van der Waals surface area contributed by atoms with Gasteiger partial charge in [-0.2, -0.15) is 8.78 Å². The summed E-state index contributed by atoms with van der Waals surface area (Å²) in [7, 11) is 1.37. The second-order valence-electron chi connectivity index (χ2n) is 5.80. The molecule has 1 aliphatic heterocycles. The molecule has 0 bridgehead atoms. The van der Waals surface area contributed by atoms with Gasteiger partial charge < -0.3 is 9.47 Å². The summed E-state index contributed by atoms with van der Waals surface area (Å²) in [4.78, 5) is 12.8. The van der Waals surface area contributed by atoms with Crippen LogP contribution in [-0.4, -0.2) is 69.7 Å². The lowest BCUT2D eigenvalue weighted by atomic mass is 10.1. The molecular weight excluding hydrogens is 358 g/mol. The van der Waals surface area contributed by atoms with Gasteiger partial charge in [0.05, 0.1) is 24.7 Å². The zero-order valence-corrected chi connectivity index (χ0v) is 14.9. The molecule has 0 aliphatic carbocycles. The van der Waals surface area contributed by atoms with E-state index in [0.29, 0.717) is 6.42 Å². The van der Waals surface area contributed by atoms with Crippen molar-refractivity contribution < 1.29 is 31.5 Å². The molecule has 0 unspecified atom stereocenters. The minimum absolute atomic E-state index is 0.0103. The first-order valence-electron chi connectivity index (χ1n) is 7.48. The first-order valence-corrected chi connectivity index (χ1v) is 9.31. The fraction of sp³-hybridized carbons (Fsp3) is 0.533. The summed E-state index contributed by atoms with van der Waals surface area (Å²) < 4.78 is 57.5. The predicted molar refractivity (Wildman–Crippen MR) is 86.5 cm³/mol. The maximum atomic E-state index is 12.8. The van der Waals surface area contributed by atoms with Crippen LogP contribution >= 0.6 is 0 Å². The second kappa shape index (κ2) is 7.52. The van der Waals surface area contributed by atoms with E-state index in [1.54, 1.807) is 14.1 Å². The summed E-state index contributed by atoms with van der Waals surface area (Å²) in [5.74, 6) is -0.729. The number of carbonyl (C=O) groups is 1. The largest absolute Gasteiger partial charge is 0.493 e. The Kier molecular flexibility index (Phi) is 5.83. The number of hydrogen-bond donors (Lipinski definition) is 0. The zero-order chi connectivity index (χ0) is 18.8. The first kappa shape index (κ1) is 19.4. The van der Waals surface area contributed by atoms with E-state index < -0.39 is 28.4 Å². The third-order valence-corrected chi connectivity index (χ3v) is 5.57. The van der Waals surface area contributed by atoms with Crippen LogP contribution in [0.5, 0.6) is 11.5 Å². The van der Waals surface area contributed by atoms with Crippen molar-refractivity contribution in [3.63, 3.8) is 0 Å². The van der Waals surface area contributed by atoms with Crippen LogP contribution in [0.4, 0.5) is 8.78 Å². The van der Waals surface area contributed by atoms with Crippen LogP contribution in [0.25, 0.3) is 0 Å². The molecule has 1 saturated heterocycles. The highest BCUT2D eigenvalue weighted by atomic mass is 32.2. The number of hydrogen-bond acceptors (Lipinski definition) is 6.